The van der Waals surface area contributed by atoms with Crippen LogP contribution < -0.4 is 5.32 Å². The number of hydrogen-bond donors (Lipinski definition) is 1. The van der Waals surface area contributed by atoms with Crippen molar-refractivity contribution in [1.29, 1.82) is 0 Å². The van der Waals surface area contributed by atoms with Crippen LogP contribution in [0.2, 0.25) is 0 Å². The summed E-state index contributed by atoms with van der Waals surface area (Å²) in [5, 5.41) is 3.45. The quantitative estimate of drug-likeness (QED) is 0.785. The lowest BCUT2D eigenvalue weighted by Crippen LogP contribution is -2.23. The van der Waals surface area contributed by atoms with Crippen LogP contribution in [0.1, 0.15) is 36.9 Å². The SMILES string of the molecule is CCCNC(CCc1ccncc1)c1cccc(Br)c1F. The first-order chi connectivity index (χ1) is 10.2. The van der Waals surface area contributed by atoms with Gasteiger partial charge in [-0.25, -0.2) is 4.39 Å². The van der Waals surface area contributed by atoms with Crippen LogP contribution in [0.5, 0.6) is 0 Å². The van der Waals surface area contributed by atoms with Gasteiger partial charge >= 0.3 is 0 Å². The summed E-state index contributed by atoms with van der Waals surface area (Å²) in [6, 6.07) is 9.52. The second-order valence-electron chi connectivity index (χ2n) is 5.04. The Morgan fingerprint density at radius 3 is 2.71 bits per heavy atom. The van der Waals surface area contributed by atoms with Crippen LogP contribution in [0.4, 0.5) is 4.39 Å². The summed E-state index contributed by atoms with van der Waals surface area (Å²) in [6.45, 7) is 3.00. The van der Waals surface area contributed by atoms with Gasteiger partial charge in [-0.1, -0.05) is 19.1 Å². The van der Waals surface area contributed by atoms with Gasteiger partial charge in [0.1, 0.15) is 5.82 Å². The molecular weight excluding hydrogens is 331 g/mol. The predicted octanol–water partition coefficient (Wildman–Crippen LogP) is 4.66. The largest absolute Gasteiger partial charge is 0.310 e. The van der Waals surface area contributed by atoms with Gasteiger partial charge in [0.2, 0.25) is 0 Å². The molecule has 1 heterocycles. The molecule has 2 rings (SSSR count). The first-order valence-electron chi connectivity index (χ1n) is 7.28. The van der Waals surface area contributed by atoms with Crippen molar-refractivity contribution in [2.24, 2.45) is 0 Å². The Morgan fingerprint density at radius 2 is 2.00 bits per heavy atom. The number of hydrogen-bond acceptors (Lipinski definition) is 2. The molecule has 0 aliphatic carbocycles. The maximum atomic E-state index is 14.3. The van der Waals surface area contributed by atoms with Gasteiger partial charge in [0.25, 0.3) is 0 Å². The van der Waals surface area contributed by atoms with E-state index in [-0.39, 0.29) is 11.9 Å². The lowest BCUT2D eigenvalue weighted by Gasteiger charge is -2.20. The Kier molecular flexibility index (Phi) is 6.33. The van der Waals surface area contributed by atoms with E-state index in [0.717, 1.165) is 31.4 Å². The number of nitrogens with zero attached hydrogens (tertiary/aromatic N) is 1. The highest BCUT2D eigenvalue weighted by atomic mass is 79.9. The number of nitrogens with one attached hydrogen (secondary N) is 1. The van der Waals surface area contributed by atoms with Crippen molar-refractivity contribution < 1.29 is 4.39 Å². The van der Waals surface area contributed by atoms with E-state index in [1.54, 1.807) is 18.5 Å². The normalized spacial score (nSPS) is 12.3. The van der Waals surface area contributed by atoms with Crippen LogP contribution in [0, 0.1) is 5.82 Å². The number of halogens is 2. The molecule has 21 heavy (non-hydrogen) atoms. The van der Waals surface area contributed by atoms with Gasteiger partial charge in [-0.15, -0.1) is 0 Å². The highest BCUT2D eigenvalue weighted by molar-refractivity contribution is 9.10. The molecule has 0 amide bonds. The molecule has 1 atom stereocenters. The molecule has 0 aliphatic rings. The summed E-state index contributed by atoms with van der Waals surface area (Å²) in [7, 11) is 0. The molecule has 2 aromatic rings. The van der Waals surface area contributed by atoms with Gasteiger partial charge in [-0.3, -0.25) is 4.98 Å². The average Bonchev–Trinajstić information content (AvgIpc) is 2.52. The molecule has 0 aliphatic heterocycles. The monoisotopic (exact) mass is 350 g/mol. The average molecular weight is 351 g/mol. The highest BCUT2D eigenvalue weighted by Crippen LogP contribution is 2.26. The summed E-state index contributed by atoms with van der Waals surface area (Å²) in [6.07, 6.45) is 6.38. The molecular formula is C17H20BrFN2. The second kappa shape index (κ2) is 8.25. The third kappa shape index (κ3) is 4.61. The summed E-state index contributed by atoms with van der Waals surface area (Å²) in [5.41, 5.74) is 1.95. The summed E-state index contributed by atoms with van der Waals surface area (Å²) < 4.78 is 14.8. The predicted molar refractivity (Wildman–Crippen MR) is 87.7 cm³/mol. The van der Waals surface area contributed by atoms with Crippen molar-refractivity contribution in [3.8, 4) is 0 Å². The van der Waals surface area contributed by atoms with Gasteiger partial charge in [0, 0.05) is 24.0 Å². The number of aromatic nitrogens is 1. The fourth-order valence-electron chi connectivity index (χ4n) is 2.34. The minimum Gasteiger partial charge on any atom is -0.310 e. The zero-order chi connectivity index (χ0) is 15.1. The van der Waals surface area contributed by atoms with Crippen LogP contribution in [0.25, 0.3) is 0 Å². The summed E-state index contributed by atoms with van der Waals surface area (Å²) in [5.74, 6) is -0.166. The maximum Gasteiger partial charge on any atom is 0.142 e. The zero-order valence-corrected chi connectivity index (χ0v) is 13.7. The molecule has 2 nitrogen and oxygen atoms in total. The van der Waals surface area contributed by atoms with Crippen molar-refractivity contribution in [2.45, 2.75) is 32.2 Å². The minimum atomic E-state index is -0.166. The molecule has 4 heteroatoms. The topological polar surface area (TPSA) is 24.9 Å². The molecule has 0 fully saturated rings. The Hall–Kier alpha value is -1.26. The van der Waals surface area contributed by atoms with Crippen LogP contribution in [0.15, 0.2) is 47.2 Å². The molecule has 1 unspecified atom stereocenters. The van der Waals surface area contributed by atoms with Crippen LogP contribution in [-0.2, 0) is 6.42 Å². The molecule has 0 saturated heterocycles. The molecule has 112 valence electrons. The Morgan fingerprint density at radius 1 is 1.24 bits per heavy atom. The highest BCUT2D eigenvalue weighted by Gasteiger charge is 2.16. The molecule has 0 spiro atoms. The lowest BCUT2D eigenvalue weighted by molar-refractivity contribution is 0.472. The van der Waals surface area contributed by atoms with Crippen molar-refractivity contribution in [2.75, 3.05) is 6.54 Å². The number of aryl methyl sites for hydroxylation is 1. The smallest absolute Gasteiger partial charge is 0.142 e. The van der Waals surface area contributed by atoms with E-state index in [1.807, 2.05) is 24.3 Å². The van der Waals surface area contributed by atoms with E-state index in [1.165, 1.54) is 5.56 Å². The number of pyridine rings is 1. The third-order valence-electron chi connectivity index (χ3n) is 3.47. The van der Waals surface area contributed by atoms with Gasteiger partial charge < -0.3 is 5.32 Å². The maximum absolute atomic E-state index is 14.3. The molecule has 1 N–H and O–H groups in total. The minimum absolute atomic E-state index is 0.0237. The lowest BCUT2D eigenvalue weighted by atomic mass is 9.98. The van der Waals surface area contributed by atoms with E-state index in [2.05, 4.69) is 33.2 Å². The molecule has 0 bridgehead atoms. The Bertz CT molecular complexity index is 560. The van der Waals surface area contributed by atoms with Gasteiger partial charge in [-0.05, 0) is 65.5 Å². The van der Waals surface area contributed by atoms with E-state index in [4.69, 9.17) is 0 Å². The Labute approximate surface area is 133 Å². The molecule has 1 aromatic carbocycles. The van der Waals surface area contributed by atoms with E-state index in [9.17, 15) is 4.39 Å². The summed E-state index contributed by atoms with van der Waals surface area (Å²) in [4.78, 5) is 4.02. The van der Waals surface area contributed by atoms with Crippen molar-refractivity contribution in [1.82, 2.24) is 10.3 Å². The van der Waals surface area contributed by atoms with Crippen molar-refractivity contribution in [3.05, 3.63) is 64.1 Å². The zero-order valence-electron chi connectivity index (χ0n) is 12.2. The van der Waals surface area contributed by atoms with Crippen LogP contribution in [-0.4, -0.2) is 11.5 Å². The van der Waals surface area contributed by atoms with E-state index in [0.29, 0.717) is 4.47 Å². The molecule has 0 saturated carbocycles. The molecule has 1 aromatic heterocycles. The molecule has 0 radical (unpaired) electrons. The standard InChI is InChI=1S/C17H20BrFN2/c1-2-10-21-16(7-6-13-8-11-20-12-9-13)14-4-3-5-15(18)17(14)19/h3-5,8-9,11-12,16,21H,2,6-7,10H2,1H3. The van der Waals surface area contributed by atoms with E-state index >= 15 is 0 Å². The number of benzene rings is 1. The third-order valence-corrected chi connectivity index (χ3v) is 4.08. The first kappa shape index (κ1) is 16.1. The van der Waals surface area contributed by atoms with E-state index < -0.39 is 0 Å². The Balaban J connectivity index is 2.12. The fraction of sp³-hybridized carbons (Fsp3) is 0.353. The van der Waals surface area contributed by atoms with Gasteiger partial charge in [0.15, 0.2) is 0 Å². The first-order valence-corrected chi connectivity index (χ1v) is 8.08. The van der Waals surface area contributed by atoms with Crippen LogP contribution in [0.3, 0.4) is 0 Å². The van der Waals surface area contributed by atoms with Gasteiger partial charge in [-0.2, -0.15) is 0 Å². The second-order valence-corrected chi connectivity index (χ2v) is 5.90. The van der Waals surface area contributed by atoms with Crippen molar-refractivity contribution >= 4 is 15.9 Å². The van der Waals surface area contributed by atoms with Gasteiger partial charge in [0.05, 0.1) is 4.47 Å². The summed E-state index contributed by atoms with van der Waals surface area (Å²) >= 11 is 3.27. The fourth-order valence-corrected chi connectivity index (χ4v) is 2.72. The number of rotatable bonds is 7. The van der Waals surface area contributed by atoms with Crippen molar-refractivity contribution in [3.63, 3.8) is 0 Å². The van der Waals surface area contributed by atoms with Crippen LogP contribution >= 0.6 is 15.9 Å².